The Labute approximate surface area is 166 Å². The van der Waals surface area contributed by atoms with Crippen LogP contribution in [0.25, 0.3) is 11.0 Å². The van der Waals surface area contributed by atoms with Crippen molar-refractivity contribution in [2.45, 2.75) is 4.90 Å². The van der Waals surface area contributed by atoms with Gasteiger partial charge in [0.1, 0.15) is 33.9 Å². The van der Waals surface area contributed by atoms with Crippen LogP contribution in [0.2, 0.25) is 0 Å². The molecule has 0 bridgehead atoms. The Morgan fingerprint density at radius 3 is 2.86 bits per heavy atom. The summed E-state index contributed by atoms with van der Waals surface area (Å²) in [5.74, 6) is 1.46. The second-order valence-corrected chi connectivity index (χ2v) is 8.34. The molecule has 3 aromatic rings. The van der Waals surface area contributed by atoms with Crippen molar-refractivity contribution in [3.8, 4) is 0 Å². The predicted molar refractivity (Wildman–Crippen MR) is 106 cm³/mol. The van der Waals surface area contributed by atoms with Gasteiger partial charge in [-0.05, 0) is 12.1 Å². The smallest absolute Gasteiger partial charge is 0.242 e. The van der Waals surface area contributed by atoms with Gasteiger partial charge in [-0.2, -0.15) is 8.75 Å². The number of hydrogen-bond donors (Lipinski definition) is 2. The van der Waals surface area contributed by atoms with E-state index in [9.17, 15) is 8.42 Å². The van der Waals surface area contributed by atoms with Gasteiger partial charge in [-0.3, -0.25) is 0 Å². The molecule has 1 aromatic carbocycles. The zero-order chi connectivity index (χ0) is 19.4. The Kier molecular flexibility index (Phi) is 5.62. The largest absolute Gasteiger partial charge is 0.378 e. The molecule has 2 aromatic heterocycles. The molecule has 0 radical (unpaired) electrons. The van der Waals surface area contributed by atoms with Crippen molar-refractivity contribution in [2.24, 2.45) is 0 Å². The number of aromatic nitrogens is 4. The Hall–Kier alpha value is -2.41. The summed E-state index contributed by atoms with van der Waals surface area (Å²) in [5, 5.41) is 3.12. The van der Waals surface area contributed by atoms with Crippen LogP contribution >= 0.6 is 11.7 Å². The van der Waals surface area contributed by atoms with E-state index in [0.717, 1.165) is 30.6 Å². The molecule has 1 fully saturated rings. The van der Waals surface area contributed by atoms with Gasteiger partial charge in [-0.15, -0.1) is 0 Å². The van der Waals surface area contributed by atoms with Gasteiger partial charge in [-0.1, -0.05) is 6.07 Å². The Bertz CT molecular complexity index is 1050. The van der Waals surface area contributed by atoms with Crippen LogP contribution in [-0.4, -0.2) is 66.5 Å². The highest BCUT2D eigenvalue weighted by Crippen LogP contribution is 2.20. The molecule has 3 heterocycles. The molecule has 0 spiro atoms. The van der Waals surface area contributed by atoms with Crippen molar-refractivity contribution in [3.05, 3.63) is 30.6 Å². The molecular formula is C16H19N7O3S2. The highest BCUT2D eigenvalue weighted by atomic mass is 32.2. The third-order valence-electron chi connectivity index (χ3n) is 4.25. The predicted octanol–water partition coefficient (Wildman–Crippen LogP) is 0.708. The second-order valence-electron chi connectivity index (χ2n) is 6.07. The number of nitrogens with one attached hydrogen (secondary N) is 2. The first kappa shape index (κ1) is 18.9. The number of rotatable bonds is 7. The molecular weight excluding hydrogens is 402 g/mol. The molecule has 0 amide bonds. The lowest BCUT2D eigenvalue weighted by molar-refractivity contribution is 0.122. The number of sulfonamides is 1. The summed E-state index contributed by atoms with van der Waals surface area (Å²) in [6.45, 7) is 3.50. The minimum absolute atomic E-state index is 0.135. The third kappa shape index (κ3) is 4.19. The van der Waals surface area contributed by atoms with Crippen molar-refractivity contribution in [2.75, 3.05) is 49.6 Å². The number of nitrogens with zero attached hydrogens (tertiary/aromatic N) is 5. The fourth-order valence-electron chi connectivity index (χ4n) is 2.86. The number of ether oxygens (including phenoxy) is 1. The van der Waals surface area contributed by atoms with Crippen LogP contribution in [0.1, 0.15) is 0 Å². The Balaban J connectivity index is 1.35. The number of hydrogen-bond acceptors (Lipinski definition) is 10. The van der Waals surface area contributed by atoms with Gasteiger partial charge in [0.05, 0.1) is 24.9 Å². The second kappa shape index (κ2) is 8.31. The quantitative estimate of drug-likeness (QED) is 0.531. The van der Waals surface area contributed by atoms with Crippen molar-refractivity contribution in [3.63, 3.8) is 0 Å². The van der Waals surface area contributed by atoms with E-state index in [0.29, 0.717) is 36.6 Å². The van der Waals surface area contributed by atoms with E-state index in [1.807, 2.05) is 6.07 Å². The van der Waals surface area contributed by atoms with Crippen LogP contribution in [0.3, 0.4) is 0 Å². The first-order valence-electron chi connectivity index (χ1n) is 8.73. The minimum Gasteiger partial charge on any atom is -0.378 e. The summed E-state index contributed by atoms with van der Waals surface area (Å²) < 4.78 is 41.2. The first-order chi connectivity index (χ1) is 13.6. The van der Waals surface area contributed by atoms with Gasteiger partial charge in [-0.25, -0.2) is 23.1 Å². The molecule has 12 heteroatoms. The molecule has 0 aliphatic carbocycles. The average Bonchev–Trinajstić information content (AvgIpc) is 3.21. The third-order valence-corrected chi connectivity index (χ3v) is 6.28. The van der Waals surface area contributed by atoms with Crippen LogP contribution in [-0.2, 0) is 14.8 Å². The number of benzene rings is 1. The molecule has 1 aliphatic heterocycles. The normalized spacial score (nSPS) is 15.1. The molecule has 28 heavy (non-hydrogen) atoms. The molecule has 0 saturated carbocycles. The molecule has 10 nitrogen and oxygen atoms in total. The van der Waals surface area contributed by atoms with E-state index in [2.05, 4.69) is 33.7 Å². The Morgan fingerprint density at radius 1 is 1.14 bits per heavy atom. The van der Waals surface area contributed by atoms with Crippen molar-refractivity contribution in [1.82, 2.24) is 23.4 Å². The van der Waals surface area contributed by atoms with Crippen LogP contribution in [0, 0.1) is 0 Å². The summed E-state index contributed by atoms with van der Waals surface area (Å²) in [6.07, 6.45) is 1.49. The van der Waals surface area contributed by atoms with Crippen molar-refractivity contribution >= 4 is 44.4 Å². The molecule has 4 rings (SSSR count). The topological polar surface area (TPSA) is 122 Å². The summed E-state index contributed by atoms with van der Waals surface area (Å²) in [4.78, 5) is 10.7. The summed E-state index contributed by atoms with van der Waals surface area (Å²) in [7, 11) is -3.68. The van der Waals surface area contributed by atoms with Gasteiger partial charge in [0.25, 0.3) is 0 Å². The summed E-state index contributed by atoms with van der Waals surface area (Å²) >= 11 is 0.991. The maximum absolute atomic E-state index is 12.6. The van der Waals surface area contributed by atoms with E-state index in [-0.39, 0.29) is 11.4 Å². The fourth-order valence-corrected chi connectivity index (χ4v) is 4.66. The average molecular weight is 422 g/mol. The van der Waals surface area contributed by atoms with Gasteiger partial charge in [0, 0.05) is 32.2 Å². The lowest BCUT2D eigenvalue weighted by atomic mass is 10.3. The monoisotopic (exact) mass is 421 g/mol. The SMILES string of the molecule is O=S(=O)(NCCNc1cc(N2CCOCC2)ncn1)c1cccc2nsnc12. The minimum atomic E-state index is -3.68. The van der Waals surface area contributed by atoms with E-state index in [1.54, 1.807) is 12.1 Å². The van der Waals surface area contributed by atoms with E-state index in [1.165, 1.54) is 12.4 Å². The zero-order valence-corrected chi connectivity index (χ0v) is 16.5. The lowest BCUT2D eigenvalue weighted by Crippen LogP contribution is -2.36. The van der Waals surface area contributed by atoms with Crippen molar-refractivity contribution in [1.29, 1.82) is 0 Å². The number of anilines is 2. The first-order valence-corrected chi connectivity index (χ1v) is 10.9. The maximum Gasteiger partial charge on any atom is 0.242 e. The van der Waals surface area contributed by atoms with Crippen LogP contribution in [0.5, 0.6) is 0 Å². The van der Waals surface area contributed by atoms with E-state index < -0.39 is 10.0 Å². The van der Waals surface area contributed by atoms with Crippen LogP contribution < -0.4 is 14.9 Å². The van der Waals surface area contributed by atoms with Gasteiger partial charge in [0.15, 0.2) is 0 Å². The molecule has 148 valence electrons. The van der Waals surface area contributed by atoms with E-state index >= 15 is 0 Å². The summed E-state index contributed by atoms with van der Waals surface area (Å²) in [5.41, 5.74) is 0.960. The summed E-state index contributed by atoms with van der Waals surface area (Å²) in [6, 6.07) is 6.77. The van der Waals surface area contributed by atoms with Gasteiger partial charge in [0.2, 0.25) is 10.0 Å². The highest BCUT2D eigenvalue weighted by Gasteiger charge is 2.19. The molecule has 0 unspecified atom stereocenters. The number of fused-ring (bicyclic) bond motifs is 1. The molecule has 2 N–H and O–H groups in total. The van der Waals surface area contributed by atoms with Crippen LogP contribution in [0.15, 0.2) is 35.5 Å². The van der Waals surface area contributed by atoms with Gasteiger partial charge < -0.3 is 15.0 Å². The Morgan fingerprint density at radius 2 is 2.00 bits per heavy atom. The molecule has 1 aliphatic rings. The zero-order valence-electron chi connectivity index (χ0n) is 14.9. The molecule has 1 saturated heterocycles. The molecule has 0 atom stereocenters. The fraction of sp³-hybridized carbons (Fsp3) is 0.375. The maximum atomic E-state index is 12.6. The van der Waals surface area contributed by atoms with E-state index in [4.69, 9.17) is 4.74 Å². The number of morpholine rings is 1. The van der Waals surface area contributed by atoms with Gasteiger partial charge >= 0.3 is 0 Å². The van der Waals surface area contributed by atoms with Crippen molar-refractivity contribution < 1.29 is 13.2 Å². The highest BCUT2D eigenvalue weighted by molar-refractivity contribution is 7.89. The standard InChI is InChI=1S/C16H19N7O3S2/c24-28(25,13-3-1-2-12-16(13)22-27-21-12)20-5-4-17-14-10-15(19-11-18-14)23-6-8-26-9-7-23/h1-3,10-11,20H,4-9H2,(H,17,18,19). The van der Waals surface area contributed by atoms with Crippen LogP contribution in [0.4, 0.5) is 11.6 Å². The lowest BCUT2D eigenvalue weighted by Gasteiger charge is -2.27.